The van der Waals surface area contributed by atoms with Crippen LogP contribution in [0, 0.1) is 0 Å². The number of hydrogen-bond acceptors (Lipinski definition) is 3. The zero-order valence-electron chi connectivity index (χ0n) is 9.48. The van der Waals surface area contributed by atoms with Crippen LogP contribution < -0.4 is 0 Å². The van der Waals surface area contributed by atoms with Crippen molar-refractivity contribution in [3.63, 3.8) is 0 Å². The van der Waals surface area contributed by atoms with E-state index in [9.17, 15) is 8.78 Å². The van der Waals surface area contributed by atoms with Gasteiger partial charge in [0.15, 0.2) is 5.58 Å². The fourth-order valence-electron chi connectivity index (χ4n) is 1.74. The van der Waals surface area contributed by atoms with Gasteiger partial charge in [-0.25, -0.2) is 18.7 Å². The minimum atomic E-state index is -2.53. The summed E-state index contributed by atoms with van der Waals surface area (Å²) in [7, 11) is 0. The molecule has 0 N–H and O–H groups in total. The van der Waals surface area contributed by atoms with Gasteiger partial charge < -0.3 is 4.42 Å². The smallest absolute Gasteiger partial charge is 0.263 e. The molecule has 0 amide bonds. The zero-order valence-corrected chi connectivity index (χ0v) is 10.2. The van der Waals surface area contributed by atoms with Crippen molar-refractivity contribution in [2.75, 3.05) is 0 Å². The minimum absolute atomic E-state index is 0.0832. The van der Waals surface area contributed by atoms with E-state index in [1.165, 1.54) is 24.4 Å². The summed E-state index contributed by atoms with van der Waals surface area (Å²) in [5.41, 5.74) is 1.41. The molecule has 0 atom stereocenters. The van der Waals surface area contributed by atoms with E-state index >= 15 is 0 Å². The Labute approximate surface area is 111 Å². The van der Waals surface area contributed by atoms with E-state index in [0.717, 1.165) is 0 Å². The fourth-order valence-corrected chi connectivity index (χ4v) is 1.91. The zero-order chi connectivity index (χ0) is 13.4. The van der Waals surface area contributed by atoms with Gasteiger partial charge in [-0.3, -0.25) is 0 Å². The van der Waals surface area contributed by atoms with Gasteiger partial charge in [-0.2, -0.15) is 0 Å². The molecular formula is C13H7ClF2N2O. The molecule has 0 radical (unpaired) electrons. The molecule has 0 saturated carbocycles. The second kappa shape index (κ2) is 4.59. The first kappa shape index (κ1) is 12.0. The summed E-state index contributed by atoms with van der Waals surface area (Å²) in [4.78, 5) is 8.03. The van der Waals surface area contributed by atoms with E-state index in [2.05, 4.69) is 9.97 Å². The molecule has 3 aromatic rings. The topological polar surface area (TPSA) is 38.9 Å². The largest absolute Gasteiger partial charge is 0.436 e. The molecule has 0 aliphatic heterocycles. The van der Waals surface area contributed by atoms with Crippen molar-refractivity contribution in [3.05, 3.63) is 47.2 Å². The lowest BCUT2D eigenvalue weighted by Crippen LogP contribution is -1.82. The van der Waals surface area contributed by atoms with Crippen molar-refractivity contribution >= 4 is 22.7 Å². The van der Waals surface area contributed by atoms with E-state index in [1.807, 2.05) is 0 Å². The number of benzene rings is 1. The third kappa shape index (κ3) is 2.29. The summed E-state index contributed by atoms with van der Waals surface area (Å²) in [6.45, 7) is 0. The second-order valence-electron chi connectivity index (χ2n) is 3.91. The fraction of sp³-hybridized carbons (Fsp3) is 0.0769. The van der Waals surface area contributed by atoms with Gasteiger partial charge in [-0.05, 0) is 30.3 Å². The van der Waals surface area contributed by atoms with Gasteiger partial charge in [0.2, 0.25) is 5.89 Å². The molecule has 0 saturated heterocycles. The number of hydrogen-bond donors (Lipinski definition) is 0. The number of rotatable bonds is 2. The SMILES string of the molecule is FC(F)c1ccc2oc(-c3ccnc(Cl)c3)nc2c1. The first-order valence-corrected chi connectivity index (χ1v) is 5.82. The number of fused-ring (bicyclic) bond motifs is 1. The van der Waals surface area contributed by atoms with Crippen LogP contribution in [0.4, 0.5) is 8.78 Å². The van der Waals surface area contributed by atoms with Crippen molar-refractivity contribution in [2.24, 2.45) is 0 Å². The lowest BCUT2D eigenvalue weighted by Gasteiger charge is -1.96. The lowest BCUT2D eigenvalue weighted by atomic mass is 10.2. The van der Waals surface area contributed by atoms with Crippen molar-refractivity contribution in [1.82, 2.24) is 9.97 Å². The molecule has 1 aromatic carbocycles. The van der Waals surface area contributed by atoms with E-state index < -0.39 is 6.43 Å². The standard InChI is InChI=1S/C13H7ClF2N2O/c14-11-6-8(3-4-17-11)13-18-9-5-7(12(15)16)1-2-10(9)19-13/h1-6,12H. The first-order chi connectivity index (χ1) is 9.13. The molecule has 3 rings (SSSR count). The molecule has 0 spiro atoms. The summed E-state index contributed by atoms with van der Waals surface area (Å²) in [6.07, 6.45) is -1.00. The normalized spacial score (nSPS) is 11.4. The Hall–Kier alpha value is -2.01. The number of nitrogens with zero attached hydrogens (tertiary/aromatic N) is 2. The molecule has 0 fully saturated rings. The Kier molecular flexibility index (Phi) is 2.91. The molecule has 2 heterocycles. The van der Waals surface area contributed by atoms with Crippen LogP contribution in [0.5, 0.6) is 0 Å². The molecule has 0 aliphatic rings. The van der Waals surface area contributed by atoms with Crippen LogP contribution in [0.2, 0.25) is 5.15 Å². The van der Waals surface area contributed by atoms with Crippen molar-refractivity contribution in [2.45, 2.75) is 6.43 Å². The van der Waals surface area contributed by atoms with Gasteiger partial charge in [-0.1, -0.05) is 11.6 Å². The molecule has 0 aliphatic carbocycles. The first-order valence-electron chi connectivity index (χ1n) is 5.44. The van der Waals surface area contributed by atoms with Gasteiger partial charge in [0, 0.05) is 17.3 Å². The van der Waals surface area contributed by atoms with Gasteiger partial charge in [0.25, 0.3) is 6.43 Å². The average Bonchev–Trinajstić information content (AvgIpc) is 2.81. The van der Waals surface area contributed by atoms with Gasteiger partial charge >= 0.3 is 0 Å². The highest BCUT2D eigenvalue weighted by atomic mass is 35.5. The van der Waals surface area contributed by atoms with Crippen molar-refractivity contribution in [3.8, 4) is 11.5 Å². The minimum Gasteiger partial charge on any atom is -0.436 e. The Morgan fingerprint density at radius 2 is 2.00 bits per heavy atom. The Morgan fingerprint density at radius 3 is 2.74 bits per heavy atom. The highest BCUT2D eigenvalue weighted by Crippen LogP contribution is 2.28. The third-order valence-corrected chi connectivity index (χ3v) is 2.84. The molecule has 3 nitrogen and oxygen atoms in total. The van der Waals surface area contributed by atoms with Crippen LogP contribution in [0.3, 0.4) is 0 Å². The van der Waals surface area contributed by atoms with Gasteiger partial charge in [-0.15, -0.1) is 0 Å². The van der Waals surface area contributed by atoms with Crippen LogP contribution in [0.25, 0.3) is 22.6 Å². The molecule has 0 bridgehead atoms. The summed E-state index contributed by atoms with van der Waals surface area (Å²) in [5.74, 6) is 0.325. The van der Waals surface area contributed by atoms with Crippen LogP contribution in [-0.2, 0) is 0 Å². The molecule has 0 unspecified atom stereocenters. The van der Waals surface area contributed by atoms with Crippen molar-refractivity contribution in [1.29, 1.82) is 0 Å². The van der Waals surface area contributed by atoms with E-state index in [0.29, 0.717) is 27.7 Å². The Bertz CT molecular complexity index is 742. The van der Waals surface area contributed by atoms with Crippen molar-refractivity contribution < 1.29 is 13.2 Å². The van der Waals surface area contributed by atoms with Gasteiger partial charge in [0.05, 0.1) is 0 Å². The summed E-state index contributed by atoms with van der Waals surface area (Å²) >= 11 is 5.78. The highest BCUT2D eigenvalue weighted by molar-refractivity contribution is 6.29. The molecule has 19 heavy (non-hydrogen) atoms. The number of oxazole rings is 1. The van der Waals surface area contributed by atoms with E-state index in [-0.39, 0.29) is 5.56 Å². The number of alkyl halides is 2. The van der Waals surface area contributed by atoms with Crippen LogP contribution >= 0.6 is 11.6 Å². The summed E-state index contributed by atoms with van der Waals surface area (Å²) in [6, 6.07) is 7.40. The van der Waals surface area contributed by atoms with E-state index in [4.69, 9.17) is 16.0 Å². The highest BCUT2D eigenvalue weighted by Gasteiger charge is 2.12. The van der Waals surface area contributed by atoms with Crippen LogP contribution in [0.15, 0.2) is 40.9 Å². The van der Waals surface area contributed by atoms with Crippen LogP contribution in [0.1, 0.15) is 12.0 Å². The molecule has 2 aromatic heterocycles. The number of aromatic nitrogens is 2. The average molecular weight is 281 g/mol. The molecular weight excluding hydrogens is 274 g/mol. The Morgan fingerprint density at radius 1 is 1.16 bits per heavy atom. The predicted octanol–water partition coefficient (Wildman–Crippen LogP) is 4.48. The van der Waals surface area contributed by atoms with E-state index in [1.54, 1.807) is 12.1 Å². The van der Waals surface area contributed by atoms with Crippen LogP contribution in [-0.4, -0.2) is 9.97 Å². The number of pyridine rings is 1. The third-order valence-electron chi connectivity index (χ3n) is 2.64. The monoisotopic (exact) mass is 280 g/mol. The molecule has 96 valence electrons. The Balaban J connectivity index is 2.11. The second-order valence-corrected chi connectivity index (χ2v) is 4.30. The molecule has 6 heteroatoms. The maximum Gasteiger partial charge on any atom is 0.263 e. The maximum atomic E-state index is 12.6. The maximum absolute atomic E-state index is 12.6. The van der Waals surface area contributed by atoms with Gasteiger partial charge in [0.1, 0.15) is 10.7 Å². The summed E-state index contributed by atoms with van der Waals surface area (Å²) in [5, 5.41) is 0.313. The quantitative estimate of drug-likeness (QED) is 0.650. The predicted molar refractivity (Wildman–Crippen MR) is 67.2 cm³/mol. The summed E-state index contributed by atoms with van der Waals surface area (Å²) < 4.78 is 30.7. The number of halogens is 3. The lowest BCUT2D eigenvalue weighted by molar-refractivity contribution is 0.151.